The third-order valence-electron chi connectivity index (χ3n) is 0.400. The molecule has 19 nitrogen and oxygen atoms in total. The van der Waals surface area contributed by atoms with E-state index in [1.165, 1.54) is 0 Å². The quantitative estimate of drug-likeness (QED) is 0.442. The van der Waals surface area contributed by atoms with Gasteiger partial charge in [-0.25, -0.2) is 54.8 Å². The number of hydrogen-bond acceptors (Lipinski definition) is 15. The zero-order valence-corrected chi connectivity index (χ0v) is 16.2. The third kappa shape index (κ3) is 83.4. The molecule has 0 aliphatic rings. The number of rotatable bonds is 6. The summed E-state index contributed by atoms with van der Waals surface area (Å²) in [6, 6.07) is 0. The van der Waals surface area contributed by atoms with Crippen molar-refractivity contribution in [2.24, 2.45) is 0 Å². The van der Waals surface area contributed by atoms with E-state index < -0.39 is 47.4 Å². The Morgan fingerprint density at radius 2 is 0.360 bits per heavy atom. The molecule has 0 unspecified atom stereocenters. The van der Waals surface area contributed by atoms with Gasteiger partial charge in [-0.3, -0.25) is 0 Å². The predicted molar refractivity (Wildman–Crippen MR) is 67.5 cm³/mol. The Hall–Kier alpha value is -0.880. The van der Waals surface area contributed by atoms with Crippen molar-refractivity contribution < 1.29 is 89.6 Å². The van der Waals surface area contributed by atoms with Gasteiger partial charge in [0.25, 0.3) is 0 Å². The van der Waals surface area contributed by atoms with E-state index in [-0.39, 0.29) is 21.9 Å². The molecular formula is H8O19P6. The van der Waals surface area contributed by atoms with E-state index in [1.54, 1.807) is 0 Å². The van der Waals surface area contributed by atoms with Crippen molar-refractivity contribution in [1.29, 1.82) is 0 Å². The summed E-state index contributed by atoms with van der Waals surface area (Å²) < 4.78 is 120. The molecule has 0 fully saturated rings. The van der Waals surface area contributed by atoms with Gasteiger partial charge in [-0.05, 0) is 0 Å². The fourth-order valence-electron chi connectivity index (χ4n) is 0.163. The van der Waals surface area contributed by atoms with Crippen LogP contribution in [0.4, 0.5) is 0 Å². The van der Waals surface area contributed by atoms with Crippen LogP contribution in [-0.4, -0.2) is 21.9 Å². The highest BCUT2D eigenvalue weighted by atomic mass is 31.2. The molecule has 0 aromatic heterocycles. The molecule has 0 saturated carbocycles. The lowest BCUT2D eigenvalue weighted by atomic mass is 15.8. The van der Waals surface area contributed by atoms with Crippen molar-refractivity contribution in [3.05, 3.63) is 0 Å². The van der Waals surface area contributed by atoms with E-state index in [0.717, 1.165) is 0 Å². The van der Waals surface area contributed by atoms with E-state index in [1.807, 2.05) is 0 Å². The van der Waals surface area contributed by atoms with Gasteiger partial charge >= 0.3 is 47.4 Å². The Bertz CT molecular complexity index is 505. The van der Waals surface area contributed by atoms with Crippen molar-refractivity contribution in [2.45, 2.75) is 0 Å². The zero-order valence-electron chi connectivity index (χ0n) is 10.8. The van der Waals surface area contributed by atoms with Crippen LogP contribution in [-0.2, 0) is 67.7 Å². The maximum absolute atomic E-state index is 9.24. The fourth-order valence-corrected chi connectivity index (χ4v) is 1.47. The van der Waals surface area contributed by atoms with Gasteiger partial charge in [-0.2, -0.15) is 12.9 Å². The Morgan fingerprint density at radius 3 is 0.360 bits per heavy atom. The van der Waals surface area contributed by atoms with Crippen LogP contribution in [0.1, 0.15) is 0 Å². The van der Waals surface area contributed by atoms with Crippen molar-refractivity contribution in [2.75, 3.05) is 0 Å². The van der Waals surface area contributed by atoms with Gasteiger partial charge in [0.2, 0.25) is 0 Å². The molecule has 0 aliphatic carbocycles. The van der Waals surface area contributed by atoms with Crippen LogP contribution in [0.2, 0.25) is 0 Å². The van der Waals surface area contributed by atoms with Crippen molar-refractivity contribution in [1.82, 2.24) is 0 Å². The molecule has 0 spiro atoms. The summed E-state index contributed by atoms with van der Waals surface area (Å²) in [7, 11) is -19.4. The molecule has 0 atom stereocenters. The van der Waals surface area contributed by atoms with Crippen molar-refractivity contribution >= 4 is 47.4 Å². The van der Waals surface area contributed by atoms with Crippen molar-refractivity contribution in [3.8, 4) is 0 Å². The lowest BCUT2D eigenvalue weighted by Crippen LogP contribution is -1.41. The summed E-state index contributed by atoms with van der Waals surface area (Å²) >= 11 is 0. The molecule has 0 aromatic rings. The van der Waals surface area contributed by atoms with Gasteiger partial charge in [0.15, 0.2) is 0 Å². The molecule has 25 heteroatoms. The monoisotopic (exact) mass is 498 g/mol. The highest BCUT2D eigenvalue weighted by Crippen LogP contribution is 2.20. The molecule has 25 heavy (non-hydrogen) atoms. The number of hydrogen-bond donors (Lipinski definition) is 0. The van der Waals surface area contributed by atoms with E-state index in [0.29, 0.717) is 0 Å². The Kier molecular flexibility index (Phi) is 49.2. The topological polar surface area (TPSA) is 359 Å². The Labute approximate surface area is 138 Å². The first-order valence-electron chi connectivity index (χ1n) is 3.29. The molecule has 0 saturated heterocycles. The summed E-state index contributed by atoms with van der Waals surface area (Å²) in [5, 5.41) is 0. The molecule has 0 aliphatic heterocycles. The molecule has 0 bridgehead atoms. The summed E-state index contributed by atoms with van der Waals surface area (Å²) in [5.74, 6) is 0. The van der Waals surface area contributed by atoms with Crippen LogP contribution in [0.3, 0.4) is 0 Å². The summed E-state index contributed by atoms with van der Waals surface area (Å²) in [6.07, 6.45) is 0. The lowest BCUT2D eigenvalue weighted by Gasteiger charge is -1.61. The highest BCUT2D eigenvalue weighted by Gasteiger charge is 1.93. The van der Waals surface area contributed by atoms with E-state index in [9.17, 15) is 54.8 Å². The second-order valence-corrected chi connectivity index (χ2v) is 6.23. The largest absolute Gasteiger partial charge is 0.481 e. The smallest absolute Gasteiger partial charge is 0.412 e. The SMILES string of the molecule is O.O.O.O.O=P(=O)OP(=O)=O.O=P(=O)OP(=O)=O.O=P(=O)OP(=O)=O. The zero-order chi connectivity index (χ0) is 17.6. The van der Waals surface area contributed by atoms with Gasteiger partial charge in [-0.15, -0.1) is 0 Å². The van der Waals surface area contributed by atoms with Gasteiger partial charge in [0, 0.05) is 0 Å². The van der Waals surface area contributed by atoms with Crippen LogP contribution in [0, 0.1) is 0 Å². The van der Waals surface area contributed by atoms with Gasteiger partial charge in [0.1, 0.15) is 0 Å². The van der Waals surface area contributed by atoms with E-state index >= 15 is 0 Å². The first kappa shape index (κ1) is 44.0. The van der Waals surface area contributed by atoms with Gasteiger partial charge in [-0.1, -0.05) is 0 Å². The minimum atomic E-state index is -3.24. The normalized spacial score (nSPS) is 6.72. The minimum absolute atomic E-state index is 0. The van der Waals surface area contributed by atoms with Crippen LogP contribution >= 0.6 is 47.4 Å². The summed E-state index contributed by atoms with van der Waals surface area (Å²) in [6.45, 7) is 0. The van der Waals surface area contributed by atoms with Gasteiger partial charge < -0.3 is 21.9 Å². The van der Waals surface area contributed by atoms with Crippen LogP contribution < -0.4 is 0 Å². The van der Waals surface area contributed by atoms with Crippen LogP contribution in [0.25, 0.3) is 0 Å². The molecular weight excluding hydrogens is 490 g/mol. The third-order valence-corrected chi connectivity index (χ3v) is 3.60. The maximum atomic E-state index is 9.24. The Morgan fingerprint density at radius 1 is 0.280 bits per heavy atom. The minimum Gasteiger partial charge on any atom is -0.412 e. The lowest BCUT2D eigenvalue weighted by molar-refractivity contribution is 0.406. The molecule has 8 N–H and O–H groups in total. The first-order valence-corrected chi connectivity index (χ1v) is 9.86. The predicted octanol–water partition coefficient (Wildman–Crippen LogP) is 0.238. The molecule has 0 rings (SSSR count). The molecule has 0 aromatic carbocycles. The maximum Gasteiger partial charge on any atom is 0.481 e. The van der Waals surface area contributed by atoms with Gasteiger partial charge in [0.05, 0.1) is 0 Å². The average Bonchev–Trinajstić information content (AvgIpc) is 2.10. The molecule has 0 amide bonds. The Balaban J connectivity index is -0.0000000360. The molecule has 152 valence electrons. The summed E-state index contributed by atoms with van der Waals surface area (Å²) in [4.78, 5) is 0. The fraction of sp³-hybridized carbons (Fsp3) is 0. The van der Waals surface area contributed by atoms with E-state index in [2.05, 4.69) is 12.9 Å². The van der Waals surface area contributed by atoms with Crippen LogP contribution in [0.5, 0.6) is 0 Å². The second-order valence-electron chi connectivity index (χ2n) is 1.59. The molecule has 0 radical (unpaired) electrons. The highest BCUT2D eigenvalue weighted by molar-refractivity contribution is 7.40. The van der Waals surface area contributed by atoms with Crippen LogP contribution in [0.15, 0.2) is 0 Å². The first-order chi connectivity index (χ1) is 9.38. The molecule has 0 heterocycles. The standard InChI is InChI=1S/3O5P2.4H2O/c3*1-6(2)5-7(3)4;;;;/h;;;4*1H2. The van der Waals surface area contributed by atoms with E-state index in [4.69, 9.17) is 0 Å². The van der Waals surface area contributed by atoms with Crippen molar-refractivity contribution in [3.63, 3.8) is 0 Å². The average molecular weight is 498 g/mol. The second kappa shape index (κ2) is 27.9. The summed E-state index contributed by atoms with van der Waals surface area (Å²) in [5.41, 5.74) is 0.